The van der Waals surface area contributed by atoms with Gasteiger partial charge in [0.1, 0.15) is 18.0 Å². The Hall–Kier alpha value is -4.52. The average molecular weight is 591 g/mol. The van der Waals surface area contributed by atoms with Gasteiger partial charge in [-0.1, -0.05) is 0 Å². The Morgan fingerprint density at radius 2 is 1.27 bits per heavy atom. The quantitative estimate of drug-likeness (QED) is 0.299. The lowest BCUT2D eigenvalue weighted by Gasteiger charge is -2.26. The van der Waals surface area contributed by atoms with Gasteiger partial charge >= 0.3 is 0 Å². The Bertz CT molecular complexity index is 1450. The maximum atomic E-state index is 14.0. The van der Waals surface area contributed by atoms with Gasteiger partial charge in [-0.15, -0.1) is 0 Å². The Kier molecular flexibility index (Phi) is 10.4. The maximum absolute atomic E-state index is 14.0. The number of benzene rings is 3. The molecule has 3 aromatic carbocycles. The van der Waals surface area contributed by atoms with E-state index in [9.17, 15) is 13.2 Å². The first-order chi connectivity index (χ1) is 19.7. The highest BCUT2D eigenvalue weighted by molar-refractivity contribution is 7.92. The molecule has 0 aromatic heterocycles. The fraction of sp³-hybridized carbons (Fsp3) is 0.321. The van der Waals surface area contributed by atoms with E-state index in [2.05, 4.69) is 5.32 Å². The molecular formula is C28H34N2O10S. The molecule has 3 rings (SSSR count). The molecule has 13 heteroatoms. The molecule has 0 fully saturated rings. The molecule has 0 saturated heterocycles. The van der Waals surface area contributed by atoms with Crippen LogP contribution >= 0.6 is 0 Å². The summed E-state index contributed by atoms with van der Waals surface area (Å²) in [6.07, 6.45) is 0. The molecule has 3 aromatic rings. The number of hydrogen-bond acceptors (Lipinski definition) is 10. The minimum absolute atomic E-state index is 0.0506. The van der Waals surface area contributed by atoms with Gasteiger partial charge in [-0.25, -0.2) is 8.42 Å². The topological polar surface area (TPSA) is 131 Å². The molecule has 41 heavy (non-hydrogen) atoms. The van der Waals surface area contributed by atoms with E-state index in [-0.39, 0.29) is 28.6 Å². The van der Waals surface area contributed by atoms with Crippen molar-refractivity contribution in [2.45, 2.75) is 11.4 Å². The number of hydrogen-bond donors (Lipinski definition) is 1. The second-order valence-corrected chi connectivity index (χ2v) is 10.2. The summed E-state index contributed by atoms with van der Waals surface area (Å²) in [4.78, 5) is 13.1. The van der Waals surface area contributed by atoms with Crippen LogP contribution in [0.4, 0.5) is 5.69 Å². The number of anilines is 1. The first-order valence-electron chi connectivity index (χ1n) is 12.2. The van der Waals surface area contributed by atoms with Gasteiger partial charge in [0.05, 0.1) is 60.4 Å². The minimum atomic E-state index is -4.33. The molecule has 0 heterocycles. The zero-order valence-electron chi connectivity index (χ0n) is 24.0. The maximum Gasteiger partial charge on any atom is 0.265 e. The third kappa shape index (κ3) is 6.80. The number of nitrogens with one attached hydrogen (secondary N) is 1. The lowest BCUT2D eigenvalue weighted by Crippen LogP contribution is -2.41. The molecule has 0 aliphatic heterocycles. The smallest absolute Gasteiger partial charge is 0.265 e. The van der Waals surface area contributed by atoms with Crippen LogP contribution in [0.1, 0.15) is 5.56 Å². The molecule has 0 unspecified atom stereocenters. The van der Waals surface area contributed by atoms with E-state index in [1.54, 1.807) is 24.3 Å². The van der Waals surface area contributed by atoms with Crippen molar-refractivity contribution >= 4 is 21.6 Å². The second kappa shape index (κ2) is 13.7. The Morgan fingerprint density at radius 3 is 1.80 bits per heavy atom. The molecule has 0 aliphatic rings. The van der Waals surface area contributed by atoms with Gasteiger partial charge in [0, 0.05) is 18.7 Å². The molecule has 0 spiro atoms. The van der Waals surface area contributed by atoms with Gasteiger partial charge in [0.15, 0.2) is 23.0 Å². The van der Waals surface area contributed by atoms with Crippen LogP contribution in [0, 0.1) is 0 Å². The van der Waals surface area contributed by atoms with Crippen molar-refractivity contribution in [3.63, 3.8) is 0 Å². The van der Waals surface area contributed by atoms with Crippen molar-refractivity contribution in [3.05, 3.63) is 54.1 Å². The fourth-order valence-electron chi connectivity index (χ4n) is 4.02. The lowest BCUT2D eigenvalue weighted by molar-refractivity contribution is -0.119. The minimum Gasteiger partial charge on any atom is -0.497 e. The van der Waals surface area contributed by atoms with E-state index in [0.29, 0.717) is 34.3 Å². The van der Waals surface area contributed by atoms with Gasteiger partial charge < -0.3 is 38.5 Å². The molecule has 12 nitrogen and oxygen atoms in total. The highest BCUT2D eigenvalue weighted by atomic mass is 32.2. The molecule has 0 saturated carbocycles. The molecule has 1 amide bonds. The zero-order chi connectivity index (χ0) is 30.2. The Morgan fingerprint density at radius 1 is 0.683 bits per heavy atom. The van der Waals surface area contributed by atoms with Crippen molar-refractivity contribution in [3.8, 4) is 40.2 Å². The third-order valence-electron chi connectivity index (χ3n) is 6.10. The first-order valence-corrected chi connectivity index (χ1v) is 13.6. The van der Waals surface area contributed by atoms with Crippen LogP contribution < -0.4 is 42.8 Å². The molecule has 0 aliphatic carbocycles. The number of amides is 1. The average Bonchev–Trinajstić information content (AvgIpc) is 3.00. The predicted molar refractivity (Wildman–Crippen MR) is 152 cm³/mol. The molecule has 1 N–H and O–H groups in total. The standard InChI is InChI=1S/C28H34N2O10S/c1-34-19-8-10-22(35-2)21(14-19)30(41(32,33)20-9-11-23(36-3)24(15-20)37-4)17-27(31)29-16-18-12-25(38-5)28(40-7)26(13-18)39-6/h8-15H,16-17H2,1-7H3,(H,29,31). The Labute approximate surface area is 239 Å². The van der Waals surface area contributed by atoms with E-state index < -0.39 is 22.5 Å². The SMILES string of the molecule is COc1ccc(OC)c(N(CC(=O)NCc2cc(OC)c(OC)c(OC)c2)S(=O)(=O)c2ccc(OC)c(OC)c2)c1. The largest absolute Gasteiger partial charge is 0.497 e. The number of rotatable bonds is 14. The highest BCUT2D eigenvalue weighted by Crippen LogP contribution is 2.39. The number of carbonyl (C=O) groups is 1. The van der Waals surface area contributed by atoms with Crippen molar-refractivity contribution in [1.29, 1.82) is 0 Å². The van der Waals surface area contributed by atoms with Gasteiger partial charge in [0.2, 0.25) is 11.7 Å². The number of ether oxygens (including phenoxy) is 7. The van der Waals surface area contributed by atoms with Crippen LogP contribution in [0.15, 0.2) is 53.4 Å². The lowest BCUT2D eigenvalue weighted by atomic mass is 10.1. The summed E-state index contributed by atoms with van der Waals surface area (Å²) in [7, 11) is 5.81. The van der Waals surface area contributed by atoms with E-state index >= 15 is 0 Å². The Balaban J connectivity index is 2.01. The van der Waals surface area contributed by atoms with E-state index in [0.717, 1.165) is 4.31 Å². The molecule has 0 atom stereocenters. The normalized spacial score (nSPS) is 10.8. The summed E-state index contributed by atoms with van der Waals surface area (Å²) in [5.74, 6) is 1.77. The van der Waals surface area contributed by atoms with Crippen molar-refractivity contribution in [2.75, 3.05) is 60.6 Å². The van der Waals surface area contributed by atoms with Crippen molar-refractivity contribution < 1.29 is 46.4 Å². The van der Waals surface area contributed by atoms with E-state index in [1.165, 1.54) is 74.0 Å². The summed E-state index contributed by atoms with van der Waals surface area (Å²) >= 11 is 0. The van der Waals surface area contributed by atoms with Crippen LogP contribution in [-0.2, 0) is 21.4 Å². The van der Waals surface area contributed by atoms with Crippen LogP contribution in [0.2, 0.25) is 0 Å². The van der Waals surface area contributed by atoms with Crippen LogP contribution in [0.25, 0.3) is 0 Å². The van der Waals surface area contributed by atoms with Crippen LogP contribution in [-0.4, -0.2) is 70.6 Å². The number of carbonyl (C=O) groups excluding carboxylic acids is 1. The van der Waals surface area contributed by atoms with Gasteiger partial charge in [-0.05, 0) is 42.0 Å². The molecule has 0 bridgehead atoms. The zero-order valence-corrected chi connectivity index (χ0v) is 24.8. The highest BCUT2D eigenvalue weighted by Gasteiger charge is 2.31. The molecular weight excluding hydrogens is 556 g/mol. The van der Waals surface area contributed by atoms with Gasteiger partial charge in [-0.2, -0.15) is 0 Å². The van der Waals surface area contributed by atoms with E-state index in [4.69, 9.17) is 33.2 Å². The van der Waals surface area contributed by atoms with Crippen LogP contribution in [0.3, 0.4) is 0 Å². The monoisotopic (exact) mass is 590 g/mol. The van der Waals surface area contributed by atoms with E-state index in [1.807, 2.05) is 0 Å². The van der Waals surface area contributed by atoms with Gasteiger partial charge in [-0.3, -0.25) is 9.10 Å². The summed E-state index contributed by atoms with van der Waals surface area (Å²) in [5.41, 5.74) is 0.741. The second-order valence-electron chi connectivity index (χ2n) is 8.38. The first kappa shape index (κ1) is 31.0. The summed E-state index contributed by atoms with van der Waals surface area (Å²) in [5, 5.41) is 2.76. The molecule has 222 valence electrons. The van der Waals surface area contributed by atoms with Crippen LogP contribution in [0.5, 0.6) is 40.2 Å². The summed E-state index contributed by atoms with van der Waals surface area (Å²) in [6.45, 7) is -0.528. The predicted octanol–water partition coefficient (Wildman–Crippen LogP) is 3.26. The summed E-state index contributed by atoms with van der Waals surface area (Å²) in [6, 6.07) is 12.2. The fourth-order valence-corrected chi connectivity index (χ4v) is 5.46. The number of sulfonamides is 1. The van der Waals surface area contributed by atoms with Gasteiger partial charge in [0.25, 0.3) is 10.0 Å². The number of nitrogens with zero attached hydrogens (tertiary/aromatic N) is 1. The van der Waals surface area contributed by atoms with Crippen molar-refractivity contribution in [2.24, 2.45) is 0 Å². The third-order valence-corrected chi connectivity index (χ3v) is 7.85. The molecule has 0 radical (unpaired) electrons. The number of methoxy groups -OCH3 is 7. The summed E-state index contributed by atoms with van der Waals surface area (Å²) < 4.78 is 66.4. The van der Waals surface area contributed by atoms with Crippen molar-refractivity contribution in [1.82, 2.24) is 5.32 Å².